The molecule has 1 amide bonds. The van der Waals surface area contributed by atoms with Crippen molar-refractivity contribution in [2.45, 2.75) is 51.4 Å². The Labute approximate surface area is 125 Å². The van der Waals surface area contributed by atoms with Crippen LogP contribution < -0.4 is 5.32 Å². The monoisotopic (exact) mass is 292 g/mol. The van der Waals surface area contributed by atoms with Gasteiger partial charge >= 0.3 is 0 Å². The van der Waals surface area contributed by atoms with Crippen LogP contribution in [0.15, 0.2) is 24.3 Å². The summed E-state index contributed by atoms with van der Waals surface area (Å²) in [6.45, 7) is 4.31. The Balaban J connectivity index is 1.86. The molecule has 1 heterocycles. The number of carbonyl (C=O) groups excluding carboxylic acids is 1. The average Bonchev–Trinajstić information content (AvgIpc) is 3.16. The predicted molar refractivity (Wildman–Crippen MR) is 80.4 cm³/mol. The van der Waals surface area contributed by atoms with Crippen molar-refractivity contribution in [1.82, 2.24) is 10.2 Å². The van der Waals surface area contributed by atoms with Gasteiger partial charge in [-0.3, -0.25) is 10.1 Å². The second-order valence-electron chi connectivity index (χ2n) is 6.28. The Morgan fingerprint density at radius 1 is 1.40 bits per heavy atom. The number of amides is 1. The molecule has 3 nitrogen and oxygen atoms in total. The quantitative estimate of drug-likeness (QED) is 0.923. The molecule has 0 radical (unpaired) electrons. The van der Waals surface area contributed by atoms with Crippen molar-refractivity contribution in [3.05, 3.63) is 34.9 Å². The minimum Gasteiger partial charge on any atom is -0.319 e. The van der Waals surface area contributed by atoms with Crippen LogP contribution in [0.25, 0.3) is 0 Å². The summed E-state index contributed by atoms with van der Waals surface area (Å²) in [5.41, 5.74) is 1.09. The predicted octanol–water partition coefficient (Wildman–Crippen LogP) is 3.35. The van der Waals surface area contributed by atoms with E-state index in [0.29, 0.717) is 12.0 Å². The third kappa shape index (κ3) is 2.70. The summed E-state index contributed by atoms with van der Waals surface area (Å²) in [5, 5.41) is 4.23. The SMILES string of the molecule is CC(C)CC1NC(c2cccc(Cl)c2)N(C2CC2)C1=O. The number of halogens is 1. The van der Waals surface area contributed by atoms with Gasteiger partial charge in [0.25, 0.3) is 0 Å². The van der Waals surface area contributed by atoms with Crippen molar-refractivity contribution in [3.63, 3.8) is 0 Å². The van der Waals surface area contributed by atoms with Crippen LogP contribution in [0.4, 0.5) is 0 Å². The molecular weight excluding hydrogens is 272 g/mol. The first-order chi connectivity index (χ1) is 9.56. The van der Waals surface area contributed by atoms with Gasteiger partial charge in [-0.25, -0.2) is 0 Å². The zero-order valence-corrected chi connectivity index (χ0v) is 12.7. The lowest BCUT2D eigenvalue weighted by Gasteiger charge is -2.24. The molecule has 1 N–H and O–H groups in total. The molecule has 3 rings (SSSR count). The van der Waals surface area contributed by atoms with Crippen LogP contribution in [0.2, 0.25) is 5.02 Å². The molecule has 4 heteroatoms. The fourth-order valence-corrected chi connectivity index (χ4v) is 3.17. The van der Waals surface area contributed by atoms with Crippen LogP contribution >= 0.6 is 11.6 Å². The highest BCUT2D eigenvalue weighted by Gasteiger charge is 2.46. The zero-order chi connectivity index (χ0) is 14.3. The average molecular weight is 293 g/mol. The summed E-state index contributed by atoms with van der Waals surface area (Å²) in [6, 6.07) is 8.18. The van der Waals surface area contributed by atoms with Crippen LogP contribution in [-0.4, -0.2) is 22.9 Å². The van der Waals surface area contributed by atoms with Crippen LogP contribution in [0.1, 0.15) is 44.8 Å². The van der Waals surface area contributed by atoms with Crippen molar-refractivity contribution in [3.8, 4) is 0 Å². The second kappa shape index (κ2) is 5.38. The maximum absolute atomic E-state index is 12.6. The van der Waals surface area contributed by atoms with Gasteiger partial charge in [0.1, 0.15) is 6.17 Å². The molecule has 2 aliphatic rings. The van der Waals surface area contributed by atoms with Crippen LogP contribution in [-0.2, 0) is 4.79 Å². The van der Waals surface area contributed by atoms with E-state index in [4.69, 9.17) is 11.6 Å². The molecule has 2 fully saturated rings. The summed E-state index contributed by atoms with van der Waals surface area (Å²) < 4.78 is 0. The van der Waals surface area contributed by atoms with E-state index in [1.165, 1.54) is 0 Å². The van der Waals surface area contributed by atoms with Crippen molar-refractivity contribution in [1.29, 1.82) is 0 Å². The molecule has 0 aromatic heterocycles. The zero-order valence-electron chi connectivity index (χ0n) is 12.0. The molecular formula is C16H21ClN2O. The lowest BCUT2D eigenvalue weighted by atomic mass is 10.0. The number of carbonyl (C=O) groups is 1. The maximum Gasteiger partial charge on any atom is 0.241 e. The molecule has 2 unspecified atom stereocenters. The van der Waals surface area contributed by atoms with Gasteiger partial charge in [-0.05, 0) is 42.9 Å². The van der Waals surface area contributed by atoms with E-state index in [9.17, 15) is 4.79 Å². The summed E-state index contributed by atoms with van der Waals surface area (Å²) in [6.07, 6.45) is 3.12. The van der Waals surface area contributed by atoms with Crippen LogP contribution in [0.5, 0.6) is 0 Å². The lowest BCUT2D eigenvalue weighted by molar-refractivity contribution is -0.130. The van der Waals surface area contributed by atoms with Crippen molar-refractivity contribution >= 4 is 17.5 Å². The van der Waals surface area contributed by atoms with Crippen molar-refractivity contribution < 1.29 is 4.79 Å². The number of rotatable bonds is 4. The molecule has 0 bridgehead atoms. The molecule has 108 valence electrons. The highest BCUT2D eigenvalue weighted by Crippen LogP contribution is 2.38. The number of nitrogens with zero attached hydrogens (tertiary/aromatic N) is 1. The molecule has 2 atom stereocenters. The van der Waals surface area contributed by atoms with Gasteiger partial charge in [0.05, 0.1) is 6.04 Å². The van der Waals surface area contributed by atoms with Gasteiger partial charge in [-0.15, -0.1) is 0 Å². The number of hydrogen-bond acceptors (Lipinski definition) is 2. The van der Waals surface area contributed by atoms with Gasteiger partial charge in [-0.1, -0.05) is 37.6 Å². The molecule has 1 aromatic rings. The van der Waals surface area contributed by atoms with Crippen LogP contribution in [0, 0.1) is 5.92 Å². The molecule has 0 spiro atoms. The number of hydrogen-bond donors (Lipinski definition) is 1. The van der Waals surface area contributed by atoms with Crippen LogP contribution in [0.3, 0.4) is 0 Å². The topological polar surface area (TPSA) is 32.3 Å². The van der Waals surface area contributed by atoms with Crippen molar-refractivity contribution in [2.75, 3.05) is 0 Å². The van der Waals surface area contributed by atoms with Gasteiger partial charge in [-0.2, -0.15) is 0 Å². The summed E-state index contributed by atoms with van der Waals surface area (Å²) in [4.78, 5) is 14.7. The van der Waals surface area contributed by atoms with Gasteiger partial charge in [0.2, 0.25) is 5.91 Å². The maximum atomic E-state index is 12.6. The third-order valence-corrected chi connectivity index (χ3v) is 4.24. The highest BCUT2D eigenvalue weighted by atomic mass is 35.5. The van der Waals surface area contributed by atoms with Gasteiger partial charge < -0.3 is 4.90 Å². The molecule has 1 aliphatic carbocycles. The Morgan fingerprint density at radius 3 is 2.75 bits per heavy atom. The lowest BCUT2D eigenvalue weighted by Crippen LogP contribution is -2.33. The van der Waals surface area contributed by atoms with Gasteiger partial charge in [0, 0.05) is 11.1 Å². The Morgan fingerprint density at radius 2 is 2.15 bits per heavy atom. The van der Waals surface area contributed by atoms with Crippen molar-refractivity contribution in [2.24, 2.45) is 5.92 Å². The minimum atomic E-state index is -0.0559. The minimum absolute atomic E-state index is 0.0163. The standard InChI is InChI=1S/C16H21ClN2O/c1-10(2)8-14-16(20)19(13-6-7-13)15(18-14)11-4-3-5-12(17)9-11/h3-5,9-10,13-15,18H,6-8H2,1-2H3. The van der Waals surface area contributed by atoms with Gasteiger partial charge in [0.15, 0.2) is 0 Å². The molecule has 1 saturated carbocycles. The van der Waals surface area contributed by atoms with E-state index < -0.39 is 0 Å². The molecule has 1 aliphatic heterocycles. The normalized spacial score (nSPS) is 26.6. The first-order valence-electron chi connectivity index (χ1n) is 7.40. The largest absolute Gasteiger partial charge is 0.319 e. The Hall–Kier alpha value is -1.06. The second-order valence-corrected chi connectivity index (χ2v) is 6.72. The third-order valence-electron chi connectivity index (χ3n) is 4.00. The molecule has 1 aromatic carbocycles. The van der Waals surface area contributed by atoms with E-state index >= 15 is 0 Å². The summed E-state index contributed by atoms with van der Waals surface area (Å²) in [5.74, 6) is 0.766. The smallest absolute Gasteiger partial charge is 0.241 e. The first-order valence-corrected chi connectivity index (χ1v) is 7.77. The summed E-state index contributed by atoms with van der Waals surface area (Å²) in [7, 11) is 0. The Bertz CT molecular complexity index is 513. The highest BCUT2D eigenvalue weighted by molar-refractivity contribution is 6.30. The fourth-order valence-electron chi connectivity index (χ4n) is 2.97. The van der Waals surface area contributed by atoms with E-state index in [1.807, 2.05) is 29.2 Å². The Kier molecular flexibility index (Phi) is 3.74. The van der Waals surface area contributed by atoms with E-state index in [1.54, 1.807) is 0 Å². The number of benzene rings is 1. The summed E-state index contributed by atoms with van der Waals surface area (Å²) >= 11 is 6.09. The van der Waals surface area contributed by atoms with E-state index in [2.05, 4.69) is 19.2 Å². The molecule has 1 saturated heterocycles. The molecule has 20 heavy (non-hydrogen) atoms. The van der Waals surface area contributed by atoms with E-state index in [-0.39, 0.29) is 18.1 Å². The van der Waals surface area contributed by atoms with E-state index in [0.717, 1.165) is 29.8 Å². The fraction of sp³-hybridized carbons (Fsp3) is 0.562. The number of nitrogens with one attached hydrogen (secondary N) is 1. The first kappa shape index (κ1) is 13.9.